The van der Waals surface area contributed by atoms with Crippen LogP contribution in [0.5, 0.6) is 0 Å². The lowest BCUT2D eigenvalue weighted by Gasteiger charge is -2.26. The molecule has 0 aliphatic heterocycles. The molecule has 0 saturated heterocycles. The molecule has 4 rings (SSSR count). The molecule has 0 amide bonds. The van der Waals surface area contributed by atoms with E-state index in [9.17, 15) is 13.9 Å². The molecule has 2 aromatic heterocycles. The van der Waals surface area contributed by atoms with Crippen LogP contribution in [0.25, 0.3) is 11.0 Å². The molecule has 33 heavy (non-hydrogen) atoms. The van der Waals surface area contributed by atoms with Crippen molar-refractivity contribution in [2.45, 2.75) is 58.2 Å². The van der Waals surface area contributed by atoms with Gasteiger partial charge in [-0.25, -0.2) is 13.8 Å². The lowest BCUT2D eigenvalue weighted by atomic mass is 9.93. The predicted molar refractivity (Wildman–Crippen MR) is 124 cm³/mol. The topological polar surface area (TPSA) is 105 Å². The first-order valence-corrected chi connectivity index (χ1v) is 11.5. The smallest absolute Gasteiger partial charge is 0.222 e. The monoisotopic (exact) mass is 459 g/mol. The summed E-state index contributed by atoms with van der Waals surface area (Å²) < 4.78 is 31.0. The molecule has 1 saturated carbocycles. The van der Waals surface area contributed by atoms with Crippen molar-refractivity contribution in [3.63, 3.8) is 0 Å². The van der Waals surface area contributed by atoms with Crippen molar-refractivity contribution >= 4 is 22.8 Å². The van der Waals surface area contributed by atoms with Crippen LogP contribution in [0.4, 0.5) is 20.5 Å². The number of unbranched alkanes of at least 4 members (excludes halogenated alkanes) is 1. The Bertz CT molecular complexity index is 1080. The average Bonchev–Trinajstić information content (AvgIpc) is 3.14. The number of aromatic nitrogens is 4. The molecule has 0 bridgehead atoms. The number of anilines is 2. The molecule has 8 nitrogen and oxygen atoms in total. The Morgan fingerprint density at radius 3 is 2.61 bits per heavy atom. The first-order chi connectivity index (χ1) is 16.0. The van der Waals surface area contributed by atoms with Gasteiger partial charge in [0.1, 0.15) is 17.2 Å². The second-order valence-corrected chi connectivity index (χ2v) is 8.58. The number of fused-ring (bicyclic) bond motifs is 1. The van der Waals surface area contributed by atoms with Crippen LogP contribution in [0, 0.1) is 11.6 Å². The van der Waals surface area contributed by atoms with Gasteiger partial charge in [0.25, 0.3) is 0 Å². The van der Waals surface area contributed by atoms with Gasteiger partial charge in [-0.3, -0.25) is 4.68 Å². The van der Waals surface area contributed by atoms with E-state index in [1.54, 1.807) is 6.20 Å². The van der Waals surface area contributed by atoms with Crippen LogP contribution in [0.2, 0.25) is 0 Å². The molecular formula is C23H31F2N7O. The zero-order valence-corrected chi connectivity index (χ0v) is 18.9. The van der Waals surface area contributed by atoms with Crippen LogP contribution in [-0.4, -0.2) is 50.6 Å². The summed E-state index contributed by atoms with van der Waals surface area (Å²) in [4.78, 5) is 10.5. The number of aliphatic hydroxyl groups is 1. The normalized spacial score (nSPS) is 14.1. The second-order valence-electron chi connectivity index (χ2n) is 8.58. The van der Waals surface area contributed by atoms with Crippen molar-refractivity contribution in [2.24, 2.45) is 0 Å². The summed E-state index contributed by atoms with van der Waals surface area (Å²) >= 11 is 0. The highest BCUT2D eigenvalue weighted by Gasteiger charge is 2.20. The molecule has 10 heteroatoms. The number of hydrogen-bond acceptors (Lipinski definition) is 7. The van der Waals surface area contributed by atoms with Crippen molar-refractivity contribution in [1.29, 1.82) is 0 Å². The maximum atomic E-state index is 14.8. The quantitative estimate of drug-likeness (QED) is 0.405. The Kier molecular flexibility index (Phi) is 7.34. The average molecular weight is 460 g/mol. The Morgan fingerprint density at radius 2 is 1.97 bits per heavy atom. The minimum absolute atomic E-state index is 0.0474. The largest absolute Gasteiger partial charge is 0.395 e. The molecule has 1 aliphatic rings. The Morgan fingerprint density at radius 1 is 1.21 bits per heavy atom. The maximum Gasteiger partial charge on any atom is 0.222 e. The van der Waals surface area contributed by atoms with E-state index in [2.05, 4.69) is 27.3 Å². The third-order valence-electron chi connectivity index (χ3n) is 6.08. The summed E-state index contributed by atoms with van der Waals surface area (Å²) in [6, 6.07) is 3.20. The van der Waals surface area contributed by atoms with Crippen molar-refractivity contribution < 1.29 is 13.9 Å². The van der Waals surface area contributed by atoms with Gasteiger partial charge in [0.2, 0.25) is 5.95 Å². The summed E-state index contributed by atoms with van der Waals surface area (Å²) in [6.07, 6.45) is 6.92. The zero-order chi connectivity index (χ0) is 23.4. The summed E-state index contributed by atoms with van der Waals surface area (Å²) in [6.45, 7) is 3.44. The van der Waals surface area contributed by atoms with Gasteiger partial charge < -0.3 is 21.1 Å². The molecule has 0 radical (unpaired) electrons. The lowest BCUT2D eigenvalue weighted by molar-refractivity contribution is 0.301. The fourth-order valence-corrected chi connectivity index (χ4v) is 4.00. The van der Waals surface area contributed by atoms with Gasteiger partial charge >= 0.3 is 0 Å². The first-order valence-electron chi connectivity index (χ1n) is 11.5. The number of nitrogens with two attached hydrogens (primary N) is 1. The van der Waals surface area contributed by atoms with Crippen LogP contribution in [0.1, 0.15) is 50.2 Å². The molecule has 1 aliphatic carbocycles. The number of benzene rings is 1. The zero-order valence-electron chi connectivity index (χ0n) is 18.9. The number of halogens is 2. The van der Waals surface area contributed by atoms with Gasteiger partial charge in [0, 0.05) is 31.2 Å². The minimum Gasteiger partial charge on any atom is -0.395 e. The van der Waals surface area contributed by atoms with E-state index in [-0.39, 0.29) is 24.7 Å². The van der Waals surface area contributed by atoms with Gasteiger partial charge in [-0.1, -0.05) is 19.8 Å². The van der Waals surface area contributed by atoms with Crippen molar-refractivity contribution in [3.8, 4) is 0 Å². The minimum atomic E-state index is -0.601. The van der Waals surface area contributed by atoms with E-state index in [1.807, 2.05) is 4.90 Å². The number of nitrogen functional groups attached to an aromatic ring is 1. The van der Waals surface area contributed by atoms with Crippen LogP contribution >= 0.6 is 0 Å². The third kappa shape index (κ3) is 5.39. The Hall–Kier alpha value is -2.85. The highest BCUT2D eigenvalue weighted by Crippen LogP contribution is 2.25. The molecule has 178 valence electrons. The fourth-order valence-electron chi connectivity index (χ4n) is 4.00. The first kappa shape index (κ1) is 23.3. The van der Waals surface area contributed by atoms with Gasteiger partial charge in [0.15, 0.2) is 11.3 Å². The lowest BCUT2D eigenvalue weighted by Crippen LogP contribution is -2.34. The third-order valence-corrected chi connectivity index (χ3v) is 6.08. The van der Waals surface area contributed by atoms with E-state index in [0.717, 1.165) is 25.7 Å². The number of hydrogen-bond donors (Lipinski definition) is 3. The molecule has 1 aromatic carbocycles. The van der Waals surface area contributed by atoms with Crippen molar-refractivity contribution in [3.05, 3.63) is 41.1 Å². The highest BCUT2D eigenvalue weighted by molar-refractivity contribution is 5.86. The number of rotatable bonds is 11. The van der Waals surface area contributed by atoms with Crippen LogP contribution in [-0.2, 0) is 13.1 Å². The summed E-state index contributed by atoms with van der Waals surface area (Å²) in [5.41, 5.74) is 7.40. The van der Waals surface area contributed by atoms with Crippen LogP contribution < -0.4 is 16.0 Å². The number of nitrogens with one attached hydrogen (secondary N) is 1. The van der Waals surface area contributed by atoms with Crippen LogP contribution in [0.3, 0.4) is 0 Å². The van der Waals surface area contributed by atoms with E-state index < -0.39 is 11.6 Å². The molecular weight excluding hydrogens is 428 g/mol. The van der Waals surface area contributed by atoms with Crippen molar-refractivity contribution in [1.82, 2.24) is 25.1 Å². The summed E-state index contributed by atoms with van der Waals surface area (Å²) in [5, 5.41) is 17.3. The van der Waals surface area contributed by atoms with E-state index >= 15 is 0 Å². The SMILES string of the molecule is CCCCN(CCO)c1nc(N)nc2cn(Cc3c(F)cc(CNC4CCC4)cc3F)nc12. The van der Waals surface area contributed by atoms with Crippen LogP contribution in [0.15, 0.2) is 18.3 Å². The number of aliphatic hydroxyl groups excluding tert-OH is 1. The molecule has 0 unspecified atom stereocenters. The Balaban J connectivity index is 1.58. The molecule has 1 fully saturated rings. The summed E-state index contributed by atoms with van der Waals surface area (Å²) in [5.74, 6) is -0.611. The Labute approximate surface area is 191 Å². The van der Waals surface area contributed by atoms with Gasteiger partial charge in [-0.2, -0.15) is 10.1 Å². The van der Waals surface area contributed by atoms with Gasteiger partial charge in [-0.05, 0) is 37.0 Å². The number of nitrogens with zero attached hydrogens (tertiary/aromatic N) is 5. The second kappa shape index (κ2) is 10.4. The molecule has 4 N–H and O–H groups in total. The van der Waals surface area contributed by atoms with E-state index in [1.165, 1.54) is 23.2 Å². The van der Waals surface area contributed by atoms with E-state index in [0.29, 0.717) is 48.1 Å². The summed E-state index contributed by atoms with van der Waals surface area (Å²) in [7, 11) is 0. The van der Waals surface area contributed by atoms with Gasteiger partial charge in [0.05, 0.1) is 19.3 Å². The molecule has 3 aromatic rings. The molecule has 0 spiro atoms. The highest BCUT2D eigenvalue weighted by atomic mass is 19.1. The van der Waals surface area contributed by atoms with E-state index in [4.69, 9.17) is 5.73 Å². The van der Waals surface area contributed by atoms with Crippen molar-refractivity contribution in [2.75, 3.05) is 30.3 Å². The molecule has 2 heterocycles. The predicted octanol–water partition coefficient (Wildman–Crippen LogP) is 2.98. The maximum absolute atomic E-state index is 14.8. The fraction of sp³-hybridized carbons (Fsp3) is 0.522. The molecule has 0 atom stereocenters. The van der Waals surface area contributed by atoms with Gasteiger partial charge in [-0.15, -0.1) is 0 Å². The standard InChI is InChI=1S/C23H31F2N7O/c1-2-3-7-31(8-9-33)22-21-20(28-23(26)29-22)14-32(30-21)13-17-18(24)10-15(11-19(17)25)12-27-16-5-4-6-16/h10-11,14,16,27,33H,2-9,12-13H2,1H3,(H2,26,28).